The SMILES string of the molecule is O=C1N(c2ccc(Br)cc2)C2(c3ccccc3)N=[N+](c3ccc(Br)cc3)[N-]C2(c2ccccc2)N1c1ccc(Br)cc1. The van der Waals surface area contributed by atoms with E-state index in [0.717, 1.165) is 30.2 Å². The maximum atomic E-state index is 15.0. The van der Waals surface area contributed by atoms with Crippen LogP contribution in [0.3, 0.4) is 0 Å². The normalized spacial score (nSPS) is 21.2. The molecule has 0 radical (unpaired) electrons. The number of nitrogens with zero attached hydrogens (tertiary/aromatic N) is 5. The summed E-state index contributed by atoms with van der Waals surface area (Å²) in [5.41, 5.74) is 6.61. The van der Waals surface area contributed by atoms with Crippen LogP contribution in [0.1, 0.15) is 11.1 Å². The number of hydrogen-bond acceptors (Lipinski definition) is 2. The number of benzene rings is 5. The van der Waals surface area contributed by atoms with Crippen molar-refractivity contribution in [2.45, 2.75) is 11.3 Å². The first kappa shape index (κ1) is 27.1. The van der Waals surface area contributed by atoms with Crippen molar-refractivity contribution in [3.05, 3.63) is 163 Å². The zero-order chi connectivity index (χ0) is 28.9. The number of carbonyl (C=O) groups is 1. The highest BCUT2D eigenvalue weighted by molar-refractivity contribution is 9.11. The Morgan fingerprint density at radius 2 is 1.02 bits per heavy atom. The van der Waals surface area contributed by atoms with Gasteiger partial charge in [0.05, 0.1) is 0 Å². The van der Waals surface area contributed by atoms with Gasteiger partial charge >= 0.3 is 6.03 Å². The van der Waals surface area contributed by atoms with Crippen molar-refractivity contribution < 1.29 is 9.60 Å². The van der Waals surface area contributed by atoms with Crippen molar-refractivity contribution in [1.29, 1.82) is 0 Å². The standard InChI is InChI=1S/C33H22Br3N5O/c34-25-11-17-28(18-12-25)39-31(42)40(29-19-13-26(35)14-20-29)33(24-9-5-2-6-10-24)32(39,23-7-3-1-4-8-23)37-41(38-33)30-21-15-27(36)16-22-30/h1-22H. The summed E-state index contributed by atoms with van der Waals surface area (Å²) in [5, 5.41) is 5.42. The van der Waals surface area contributed by atoms with Gasteiger partial charge in [-0.1, -0.05) is 108 Å². The monoisotopic (exact) mass is 741 g/mol. The molecule has 9 heteroatoms. The molecule has 2 unspecified atom stereocenters. The molecule has 0 N–H and O–H groups in total. The Labute approximate surface area is 268 Å². The maximum absolute atomic E-state index is 15.0. The zero-order valence-corrected chi connectivity index (χ0v) is 26.7. The fourth-order valence-electron chi connectivity index (χ4n) is 5.80. The summed E-state index contributed by atoms with van der Waals surface area (Å²) in [6, 6.07) is 43.0. The number of rotatable bonds is 5. The Morgan fingerprint density at radius 3 is 1.55 bits per heavy atom. The minimum absolute atomic E-state index is 0.240. The molecule has 7 rings (SSSR count). The van der Waals surface area contributed by atoms with Crippen LogP contribution in [0.5, 0.6) is 0 Å². The summed E-state index contributed by atoms with van der Waals surface area (Å²) in [6.07, 6.45) is 0. The minimum atomic E-state index is -1.32. The van der Waals surface area contributed by atoms with Crippen LogP contribution in [-0.4, -0.2) is 10.8 Å². The van der Waals surface area contributed by atoms with Gasteiger partial charge in [0.2, 0.25) is 5.69 Å². The molecule has 42 heavy (non-hydrogen) atoms. The van der Waals surface area contributed by atoms with E-state index in [2.05, 4.69) is 47.8 Å². The van der Waals surface area contributed by atoms with Gasteiger partial charge in [0, 0.05) is 36.9 Å². The van der Waals surface area contributed by atoms with E-state index in [1.165, 1.54) is 0 Å². The van der Waals surface area contributed by atoms with Crippen LogP contribution in [0.4, 0.5) is 21.9 Å². The average molecular weight is 744 g/mol. The summed E-state index contributed by atoms with van der Waals surface area (Å²) in [4.78, 5) is 20.3. The van der Waals surface area contributed by atoms with Gasteiger partial charge in [0.1, 0.15) is 0 Å². The fraction of sp³-hybridized carbons (Fsp3) is 0.0606. The van der Waals surface area contributed by atoms with E-state index in [4.69, 9.17) is 10.5 Å². The van der Waals surface area contributed by atoms with E-state index < -0.39 is 11.3 Å². The first-order valence-electron chi connectivity index (χ1n) is 13.2. The number of carbonyl (C=O) groups excluding carboxylic acids is 1. The van der Waals surface area contributed by atoms with E-state index in [0.29, 0.717) is 11.4 Å². The second-order valence-corrected chi connectivity index (χ2v) is 12.7. The highest BCUT2D eigenvalue weighted by atomic mass is 79.9. The number of amides is 2. The highest BCUT2D eigenvalue weighted by Gasteiger charge is 2.71. The largest absolute Gasteiger partial charge is 0.330 e. The first-order chi connectivity index (χ1) is 20.4. The van der Waals surface area contributed by atoms with Crippen LogP contribution < -0.4 is 9.80 Å². The molecule has 2 amide bonds. The van der Waals surface area contributed by atoms with Crippen LogP contribution in [0.25, 0.3) is 5.43 Å². The van der Waals surface area contributed by atoms with Crippen LogP contribution >= 0.6 is 47.8 Å². The lowest BCUT2D eigenvalue weighted by molar-refractivity contribution is -0.457. The molecule has 1 saturated heterocycles. The van der Waals surface area contributed by atoms with E-state index in [9.17, 15) is 0 Å². The number of halogens is 3. The van der Waals surface area contributed by atoms with Crippen molar-refractivity contribution in [3.8, 4) is 0 Å². The lowest BCUT2D eigenvalue weighted by atomic mass is 9.81. The second-order valence-electron chi connectivity index (χ2n) is 9.95. The zero-order valence-electron chi connectivity index (χ0n) is 22.0. The molecule has 2 aliphatic rings. The molecule has 6 nitrogen and oxygen atoms in total. The number of hydrogen-bond donors (Lipinski definition) is 0. The molecule has 2 atom stereocenters. The van der Waals surface area contributed by atoms with Crippen molar-refractivity contribution in [2.24, 2.45) is 5.11 Å². The number of fused-ring (bicyclic) bond motifs is 1. The van der Waals surface area contributed by atoms with Gasteiger partial charge < -0.3 is 0 Å². The van der Waals surface area contributed by atoms with Gasteiger partial charge in [-0.2, -0.15) is 10.5 Å². The maximum Gasteiger partial charge on any atom is 0.330 e. The van der Waals surface area contributed by atoms with Crippen molar-refractivity contribution in [3.63, 3.8) is 0 Å². The van der Waals surface area contributed by atoms with Crippen molar-refractivity contribution in [1.82, 2.24) is 0 Å². The van der Waals surface area contributed by atoms with Crippen LogP contribution in [-0.2, 0) is 11.3 Å². The van der Waals surface area contributed by atoms with Gasteiger partial charge in [-0.3, -0.25) is 9.80 Å². The lowest BCUT2D eigenvalue weighted by Gasteiger charge is -2.45. The Morgan fingerprint density at radius 1 is 0.571 bits per heavy atom. The van der Waals surface area contributed by atoms with Crippen molar-refractivity contribution >= 4 is 70.9 Å². The van der Waals surface area contributed by atoms with E-state index in [-0.39, 0.29) is 6.03 Å². The van der Waals surface area contributed by atoms with Gasteiger partial charge in [0.15, 0.2) is 11.3 Å². The highest BCUT2D eigenvalue weighted by Crippen LogP contribution is 2.64. The van der Waals surface area contributed by atoms with Gasteiger partial charge in [-0.05, 0) is 71.8 Å². The fourth-order valence-corrected chi connectivity index (χ4v) is 6.59. The summed E-state index contributed by atoms with van der Waals surface area (Å²) in [7, 11) is 0. The van der Waals surface area contributed by atoms with Gasteiger partial charge in [0.25, 0.3) is 0 Å². The molecule has 0 bridgehead atoms. The predicted octanol–water partition coefficient (Wildman–Crippen LogP) is 10.2. The van der Waals surface area contributed by atoms with E-state index in [1.54, 1.807) is 14.6 Å². The van der Waals surface area contributed by atoms with E-state index >= 15 is 4.79 Å². The lowest BCUT2D eigenvalue weighted by Crippen LogP contribution is -2.53. The Hall–Kier alpha value is -3.79. The number of anilines is 2. The van der Waals surface area contributed by atoms with Crippen LogP contribution in [0.15, 0.2) is 152 Å². The molecular formula is C33H22Br3N5O. The van der Waals surface area contributed by atoms with Crippen LogP contribution in [0, 0.1) is 0 Å². The topological polar surface area (TPSA) is 53.0 Å². The molecule has 2 heterocycles. The Kier molecular flexibility index (Phi) is 6.76. The second kappa shape index (κ2) is 10.5. The minimum Gasteiger partial charge on any atom is -0.276 e. The third-order valence-corrected chi connectivity index (χ3v) is 9.16. The van der Waals surface area contributed by atoms with Gasteiger partial charge in [-0.15, -0.1) is 4.81 Å². The molecule has 5 aromatic carbocycles. The average Bonchev–Trinajstić information content (AvgIpc) is 3.47. The third-order valence-electron chi connectivity index (χ3n) is 7.57. The molecule has 0 aromatic heterocycles. The quantitative estimate of drug-likeness (QED) is 0.165. The molecule has 0 aliphatic carbocycles. The van der Waals surface area contributed by atoms with Crippen LogP contribution in [0.2, 0.25) is 0 Å². The molecule has 5 aromatic rings. The first-order valence-corrected chi connectivity index (χ1v) is 15.6. The molecule has 0 spiro atoms. The summed E-state index contributed by atoms with van der Waals surface area (Å²) in [5.74, 6) is 0. The number of urea groups is 1. The summed E-state index contributed by atoms with van der Waals surface area (Å²) >= 11 is 10.7. The molecule has 0 saturated carbocycles. The Balaban J connectivity index is 1.62. The molecule has 2 aliphatic heterocycles. The smallest absolute Gasteiger partial charge is 0.276 e. The molecular weight excluding hydrogens is 722 g/mol. The third kappa shape index (κ3) is 4.06. The van der Waals surface area contributed by atoms with Gasteiger partial charge in [-0.25, -0.2) is 4.79 Å². The summed E-state index contributed by atoms with van der Waals surface area (Å²) in [6.45, 7) is 0. The number of azo groups is 1. The molecule has 206 valence electrons. The van der Waals surface area contributed by atoms with Crippen molar-refractivity contribution in [2.75, 3.05) is 9.80 Å². The Bertz CT molecular complexity index is 1800. The predicted molar refractivity (Wildman–Crippen MR) is 175 cm³/mol. The molecule has 1 fully saturated rings. The van der Waals surface area contributed by atoms with E-state index in [1.807, 2.05) is 133 Å². The summed E-state index contributed by atoms with van der Waals surface area (Å²) < 4.78 is 2.77.